The Morgan fingerprint density at radius 3 is 2.79 bits per heavy atom. The summed E-state index contributed by atoms with van der Waals surface area (Å²) in [7, 11) is 0. The van der Waals surface area contributed by atoms with E-state index >= 15 is 0 Å². The molecule has 4 heterocycles. The van der Waals surface area contributed by atoms with Crippen molar-refractivity contribution in [1.29, 1.82) is 0 Å². The number of ether oxygens (including phenoxy) is 1. The number of nitrogens with two attached hydrogens (primary N) is 1. The average Bonchev–Trinajstić information content (AvgIpc) is 3.28. The Hall–Kier alpha value is -2.60. The van der Waals surface area contributed by atoms with E-state index in [0.717, 1.165) is 0 Å². The molecule has 6 N–H and O–H groups in total. The molecular formula is C13H15N7O4. The number of H-pyrrole nitrogens is 1. The van der Waals surface area contributed by atoms with E-state index in [1.165, 1.54) is 12.5 Å². The van der Waals surface area contributed by atoms with Crippen LogP contribution in [0, 0.1) is 0 Å². The summed E-state index contributed by atoms with van der Waals surface area (Å²) in [4.78, 5) is 8.19. The molecule has 0 aromatic carbocycles. The number of anilines is 1. The molecule has 1 saturated heterocycles. The van der Waals surface area contributed by atoms with Crippen molar-refractivity contribution in [2.24, 2.45) is 0 Å². The zero-order chi connectivity index (χ0) is 16.8. The first-order valence-corrected chi connectivity index (χ1v) is 7.21. The van der Waals surface area contributed by atoms with Gasteiger partial charge in [-0.2, -0.15) is 15.4 Å². The predicted molar refractivity (Wildman–Crippen MR) is 80.3 cm³/mol. The number of aromatic nitrogens is 6. The van der Waals surface area contributed by atoms with E-state index < -0.39 is 31.1 Å². The lowest BCUT2D eigenvalue weighted by Gasteiger charge is -2.17. The molecule has 11 nitrogen and oxygen atoms in total. The number of aromatic amines is 1. The highest BCUT2D eigenvalue weighted by Gasteiger charge is 2.44. The van der Waals surface area contributed by atoms with E-state index in [1.807, 2.05) is 0 Å². The second kappa shape index (κ2) is 5.49. The number of aliphatic hydroxyl groups excluding tert-OH is 3. The van der Waals surface area contributed by atoms with E-state index in [2.05, 4.69) is 25.4 Å². The third kappa shape index (κ3) is 2.06. The average molecular weight is 333 g/mol. The van der Waals surface area contributed by atoms with Crippen molar-refractivity contribution in [1.82, 2.24) is 29.9 Å². The van der Waals surface area contributed by atoms with Gasteiger partial charge >= 0.3 is 0 Å². The van der Waals surface area contributed by atoms with Gasteiger partial charge in [-0.05, 0) is 0 Å². The molecule has 0 spiro atoms. The van der Waals surface area contributed by atoms with Crippen LogP contribution in [0.3, 0.4) is 0 Å². The predicted octanol–water partition coefficient (Wildman–Crippen LogP) is -1.59. The fourth-order valence-corrected chi connectivity index (χ4v) is 2.94. The van der Waals surface area contributed by atoms with Gasteiger partial charge in [0.1, 0.15) is 41.8 Å². The zero-order valence-electron chi connectivity index (χ0n) is 12.3. The first-order chi connectivity index (χ1) is 11.6. The third-order valence-electron chi connectivity index (χ3n) is 4.12. The fraction of sp³-hybridized carbons (Fsp3) is 0.385. The van der Waals surface area contributed by atoms with Crippen LogP contribution in [0.2, 0.25) is 0 Å². The quantitative estimate of drug-likeness (QED) is 0.379. The molecule has 4 atom stereocenters. The Morgan fingerprint density at radius 2 is 2.12 bits per heavy atom. The molecule has 11 heteroatoms. The Kier molecular flexibility index (Phi) is 3.42. The number of fused-ring (bicyclic) bond motifs is 1. The lowest BCUT2D eigenvalue weighted by Crippen LogP contribution is -2.33. The van der Waals surface area contributed by atoms with Gasteiger partial charge in [-0.1, -0.05) is 0 Å². The van der Waals surface area contributed by atoms with E-state index in [-0.39, 0.29) is 5.82 Å². The van der Waals surface area contributed by atoms with E-state index in [4.69, 9.17) is 10.5 Å². The standard InChI is InChI=1S/C13H15N7O4/c14-11-8-5(6-1-17-19-18-6)2-20(12(8)16-4-15-11)13-10(23)9(22)7(3-21)24-13/h1-2,4,7,9-10,13,21-23H,3H2,(H2,14,15,16)(H,17,18,19). The maximum absolute atomic E-state index is 10.3. The highest BCUT2D eigenvalue weighted by molar-refractivity contribution is 5.99. The van der Waals surface area contributed by atoms with E-state index in [9.17, 15) is 15.3 Å². The summed E-state index contributed by atoms with van der Waals surface area (Å²) in [5.41, 5.74) is 7.51. The molecule has 1 aliphatic heterocycles. The second-order valence-corrected chi connectivity index (χ2v) is 5.49. The molecule has 24 heavy (non-hydrogen) atoms. The molecule has 0 saturated carbocycles. The molecule has 3 aromatic heterocycles. The number of rotatable bonds is 3. The van der Waals surface area contributed by atoms with Gasteiger partial charge in [0.05, 0.1) is 18.2 Å². The Morgan fingerprint density at radius 1 is 1.29 bits per heavy atom. The van der Waals surface area contributed by atoms with Crippen LogP contribution in [-0.2, 0) is 4.74 Å². The lowest BCUT2D eigenvalue weighted by molar-refractivity contribution is -0.0508. The number of hydrogen-bond donors (Lipinski definition) is 5. The first kappa shape index (κ1) is 15.0. The number of aliphatic hydroxyl groups is 3. The molecule has 1 aliphatic rings. The van der Waals surface area contributed by atoms with Crippen molar-refractivity contribution in [2.75, 3.05) is 12.3 Å². The van der Waals surface area contributed by atoms with Gasteiger partial charge in [-0.3, -0.25) is 0 Å². The van der Waals surface area contributed by atoms with Crippen molar-refractivity contribution in [2.45, 2.75) is 24.5 Å². The molecule has 0 radical (unpaired) electrons. The number of hydrogen-bond acceptors (Lipinski definition) is 9. The first-order valence-electron chi connectivity index (χ1n) is 7.21. The van der Waals surface area contributed by atoms with Crippen molar-refractivity contribution in [3.63, 3.8) is 0 Å². The molecule has 4 unspecified atom stereocenters. The van der Waals surface area contributed by atoms with Gasteiger partial charge in [-0.15, -0.1) is 0 Å². The topological polar surface area (TPSA) is 168 Å². The van der Waals surface area contributed by atoms with Crippen LogP contribution in [0.1, 0.15) is 6.23 Å². The number of nitrogens with one attached hydrogen (secondary N) is 1. The fourth-order valence-electron chi connectivity index (χ4n) is 2.94. The van der Waals surface area contributed by atoms with Crippen molar-refractivity contribution in [3.8, 4) is 11.3 Å². The van der Waals surface area contributed by atoms with Gasteiger partial charge < -0.3 is 30.4 Å². The van der Waals surface area contributed by atoms with Crippen molar-refractivity contribution >= 4 is 16.9 Å². The summed E-state index contributed by atoms with van der Waals surface area (Å²) in [6, 6.07) is 0. The molecule has 0 bridgehead atoms. The van der Waals surface area contributed by atoms with Gasteiger partial charge in [0, 0.05) is 11.8 Å². The largest absolute Gasteiger partial charge is 0.394 e. The summed E-state index contributed by atoms with van der Waals surface area (Å²) in [6.45, 7) is -0.415. The smallest absolute Gasteiger partial charge is 0.164 e. The molecule has 126 valence electrons. The molecule has 3 aromatic rings. The Balaban J connectivity index is 1.90. The summed E-state index contributed by atoms with van der Waals surface area (Å²) in [6.07, 6.45) is 0.177. The highest BCUT2D eigenvalue weighted by Crippen LogP contribution is 2.37. The Bertz CT molecular complexity index is 865. The van der Waals surface area contributed by atoms with E-state index in [1.54, 1.807) is 10.8 Å². The number of nitrogens with zero attached hydrogens (tertiary/aromatic N) is 5. The van der Waals surface area contributed by atoms with Crippen LogP contribution in [0.25, 0.3) is 22.3 Å². The Labute approximate surface area is 134 Å². The highest BCUT2D eigenvalue weighted by atomic mass is 16.6. The molecular weight excluding hydrogens is 318 g/mol. The van der Waals surface area contributed by atoms with E-state index in [0.29, 0.717) is 22.3 Å². The third-order valence-corrected chi connectivity index (χ3v) is 4.12. The monoisotopic (exact) mass is 333 g/mol. The maximum Gasteiger partial charge on any atom is 0.164 e. The van der Waals surface area contributed by atoms with Gasteiger partial charge in [0.2, 0.25) is 0 Å². The minimum Gasteiger partial charge on any atom is -0.394 e. The van der Waals surface area contributed by atoms with Crippen LogP contribution in [-0.4, -0.2) is 70.2 Å². The SMILES string of the molecule is Nc1ncnc2c1c(-c1cn[nH]n1)cn2C1OC(CO)C(O)C1O. The van der Waals surface area contributed by atoms with Crippen LogP contribution in [0.4, 0.5) is 5.82 Å². The molecule has 4 rings (SSSR count). The summed E-state index contributed by atoms with van der Waals surface area (Å²) < 4.78 is 7.11. The van der Waals surface area contributed by atoms with Gasteiger partial charge in [-0.25, -0.2) is 9.97 Å². The second-order valence-electron chi connectivity index (χ2n) is 5.49. The lowest BCUT2D eigenvalue weighted by atomic mass is 10.1. The van der Waals surface area contributed by atoms with Crippen molar-refractivity contribution < 1.29 is 20.1 Å². The minimum atomic E-state index is -1.24. The van der Waals surface area contributed by atoms with Crippen LogP contribution in [0.15, 0.2) is 18.7 Å². The van der Waals surface area contributed by atoms with Gasteiger partial charge in [0.25, 0.3) is 0 Å². The molecule has 1 fully saturated rings. The summed E-state index contributed by atoms with van der Waals surface area (Å²) >= 11 is 0. The maximum atomic E-state index is 10.3. The van der Waals surface area contributed by atoms with Gasteiger partial charge in [0.15, 0.2) is 6.23 Å². The minimum absolute atomic E-state index is 0.239. The zero-order valence-corrected chi connectivity index (χ0v) is 12.3. The summed E-state index contributed by atoms with van der Waals surface area (Å²) in [5.74, 6) is 0.239. The van der Waals surface area contributed by atoms with Crippen LogP contribution in [0.5, 0.6) is 0 Å². The van der Waals surface area contributed by atoms with Crippen LogP contribution >= 0.6 is 0 Å². The normalized spacial score (nSPS) is 27.1. The van der Waals surface area contributed by atoms with Crippen molar-refractivity contribution in [3.05, 3.63) is 18.7 Å². The van der Waals surface area contributed by atoms with Crippen LogP contribution < -0.4 is 5.73 Å². The number of nitrogen functional groups attached to an aromatic ring is 1. The molecule has 0 aliphatic carbocycles. The molecule has 0 amide bonds. The summed E-state index contributed by atoms with van der Waals surface area (Å²) in [5, 5.41) is 40.4.